The van der Waals surface area contributed by atoms with Gasteiger partial charge in [-0.1, -0.05) is 0 Å². The smallest absolute Gasteiger partial charge is 0.321 e. The van der Waals surface area contributed by atoms with E-state index < -0.39 is 22.8 Å². The fourth-order valence-electron chi connectivity index (χ4n) is 1.89. The molecule has 0 aliphatic rings. The van der Waals surface area contributed by atoms with Crippen molar-refractivity contribution in [3.63, 3.8) is 0 Å². The van der Waals surface area contributed by atoms with Crippen molar-refractivity contribution in [1.29, 1.82) is 0 Å². The number of nitrogens with one attached hydrogen (secondary N) is 2. The summed E-state index contributed by atoms with van der Waals surface area (Å²) in [4.78, 5) is 33.3. The fourth-order valence-corrected chi connectivity index (χ4v) is 1.89. The highest BCUT2D eigenvalue weighted by Gasteiger charge is 2.21. The van der Waals surface area contributed by atoms with Crippen molar-refractivity contribution in [2.75, 3.05) is 31.3 Å². The highest BCUT2D eigenvalue weighted by Crippen LogP contribution is 2.24. The number of amides is 1. The molecule has 10 heteroatoms. The second-order valence-corrected chi connectivity index (χ2v) is 4.97. The molecule has 0 bridgehead atoms. The van der Waals surface area contributed by atoms with Crippen molar-refractivity contribution in [2.45, 2.75) is 18.9 Å². The molecule has 0 fully saturated rings. The molecule has 1 atom stereocenters. The Bertz CT molecular complexity index is 607. The number of carboxylic acids is 1. The van der Waals surface area contributed by atoms with Crippen LogP contribution in [0.5, 0.6) is 0 Å². The van der Waals surface area contributed by atoms with Crippen LogP contribution >= 0.6 is 0 Å². The van der Waals surface area contributed by atoms with Crippen molar-refractivity contribution >= 4 is 28.9 Å². The molecule has 132 valence electrons. The zero-order valence-electron chi connectivity index (χ0n) is 13.2. The van der Waals surface area contributed by atoms with Crippen molar-refractivity contribution in [3.05, 3.63) is 28.3 Å². The molecule has 1 unspecified atom stereocenters. The number of non-ortho nitro benzene ring substituents is 1. The Hall–Kier alpha value is -2.72. The minimum atomic E-state index is -1.17. The van der Waals surface area contributed by atoms with E-state index in [4.69, 9.17) is 15.6 Å². The Kier molecular flexibility index (Phi) is 7.59. The number of nitro benzene ring substituents is 1. The molecule has 0 saturated carbocycles. The van der Waals surface area contributed by atoms with Gasteiger partial charge < -0.3 is 26.2 Å². The Morgan fingerprint density at radius 1 is 1.46 bits per heavy atom. The van der Waals surface area contributed by atoms with Gasteiger partial charge in [0.05, 0.1) is 22.7 Å². The van der Waals surface area contributed by atoms with Crippen molar-refractivity contribution in [3.8, 4) is 0 Å². The topological polar surface area (TPSA) is 157 Å². The van der Waals surface area contributed by atoms with E-state index in [0.717, 1.165) is 6.07 Å². The number of rotatable bonds is 10. The standard InChI is InChI=1S/C14H20N4O6/c1-24-6-2-5-16-12(14(20)21)8-13(19)17-11-7-9(18(22)23)3-4-10(11)15/h3-4,7,12,16H,2,5-6,8,15H2,1H3,(H,17,19)(H,20,21). The quantitative estimate of drug-likeness (QED) is 0.208. The third-order valence-corrected chi connectivity index (χ3v) is 3.13. The lowest BCUT2D eigenvalue weighted by Crippen LogP contribution is -2.40. The van der Waals surface area contributed by atoms with Gasteiger partial charge in [-0.2, -0.15) is 0 Å². The molecule has 0 saturated heterocycles. The molecule has 24 heavy (non-hydrogen) atoms. The zero-order chi connectivity index (χ0) is 18.1. The van der Waals surface area contributed by atoms with Crippen LogP contribution < -0.4 is 16.4 Å². The van der Waals surface area contributed by atoms with Crippen LogP contribution in [0.2, 0.25) is 0 Å². The molecule has 0 heterocycles. The number of ether oxygens (including phenoxy) is 1. The van der Waals surface area contributed by atoms with Gasteiger partial charge in [0.15, 0.2) is 0 Å². The first-order valence-corrected chi connectivity index (χ1v) is 7.14. The number of nitrogens with zero attached hydrogens (tertiary/aromatic N) is 1. The zero-order valence-corrected chi connectivity index (χ0v) is 13.2. The minimum absolute atomic E-state index is 0.0673. The minimum Gasteiger partial charge on any atom is -0.480 e. The van der Waals surface area contributed by atoms with E-state index in [9.17, 15) is 19.7 Å². The summed E-state index contributed by atoms with van der Waals surface area (Å²) in [5.41, 5.74) is 5.64. The van der Waals surface area contributed by atoms with Gasteiger partial charge in [0, 0.05) is 25.8 Å². The molecule has 0 aliphatic carbocycles. The van der Waals surface area contributed by atoms with Gasteiger partial charge in [0.2, 0.25) is 5.91 Å². The monoisotopic (exact) mass is 340 g/mol. The van der Waals surface area contributed by atoms with Crippen LogP contribution in [0.1, 0.15) is 12.8 Å². The molecule has 10 nitrogen and oxygen atoms in total. The molecular weight excluding hydrogens is 320 g/mol. The molecular formula is C14H20N4O6. The number of hydrogen-bond acceptors (Lipinski definition) is 7. The lowest BCUT2D eigenvalue weighted by Gasteiger charge is -2.15. The SMILES string of the molecule is COCCCNC(CC(=O)Nc1cc([N+](=O)[O-])ccc1N)C(=O)O. The number of aliphatic carboxylic acids is 1. The van der Waals surface area contributed by atoms with E-state index in [2.05, 4.69) is 10.6 Å². The summed E-state index contributed by atoms with van der Waals surface area (Å²) in [5.74, 6) is -1.79. The van der Waals surface area contributed by atoms with Gasteiger partial charge >= 0.3 is 5.97 Å². The number of nitrogens with two attached hydrogens (primary N) is 1. The number of carbonyl (C=O) groups is 2. The molecule has 1 aromatic carbocycles. The average Bonchev–Trinajstić information content (AvgIpc) is 2.52. The number of nitrogen functional groups attached to an aromatic ring is 1. The second-order valence-electron chi connectivity index (χ2n) is 4.97. The maximum Gasteiger partial charge on any atom is 0.321 e. The maximum absolute atomic E-state index is 12.0. The van der Waals surface area contributed by atoms with Crippen LogP contribution in [0.15, 0.2) is 18.2 Å². The Balaban J connectivity index is 2.67. The van der Waals surface area contributed by atoms with Crippen molar-refractivity contribution < 1.29 is 24.4 Å². The van der Waals surface area contributed by atoms with E-state index in [-0.39, 0.29) is 23.5 Å². The van der Waals surface area contributed by atoms with E-state index in [1.54, 1.807) is 0 Å². The van der Waals surface area contributed by atoms with Crippen LogP contribution in [-0.2, 0) is 14.3 Å². The molecule has 1 aromatic rings. The predicted molar refractivity (Wildman–Crippen MR) is 86.7 cm³/mol. The summed E-state index contributed by atoms with van der Waals surface area (Å²) in [6.45, 7) is 0.840. The second kappa shape index (κ2) is 9.43. The number of benzene rings is 1. The van der Waals surface area contributed by atoms with E-state index in [0.29, 0.717) is 19.6 Å². The molecule has 0 spiro atoms. The molecule has 1 rings (SSSR count). The average molecular weight is 340 g/mol. The Labute approximate surface area is 138 Å². The van der Waals surface area contributed by atoms with Gasteiger partial charge in [0.25, 0.3) is 5.69 Å². The first-order valence-electron chi connectivity index (χ1n) is 7.14. The van der Waals surface area contributed by atoms with Gasteiger partial charge in [-0.3, -0.25) is 19.7 Å². The van der Waals surface area contributed by atoms with E-state index in [1.165, 1.54) is 19.2 Å². The highest BCUT2D eigenvalue weighted by atomic mass is 16.6. The van der Waals surface area contributed by atoms with Crippen LogP contribution in [-0.4, -0.2) is 48.2 Å². The largest absolute Gasteiger partial charge is 0.480 e. The molecule has 0 aromatic heterocycles. The summed E-state index contributed by atoms with van der Waals surface area (Å²) < 4.78 is 4.85. The molecule has 5 N–H and O–H groups in total. The van der Waals surface area contributed by atoms with Crippen LogP contribution in [0.3, 0.4) is 0 Å². The summed E-state index contributed by atoms with van der Waals surface area (Å²) in [6.07, 6.45) is 0.254. The van der Waals surface area contributed by atoms with Crippen LogP contribution in [0.25, 0.3) is 0 Å². The number of hydrogen-bond donors (Lipinski definition) is 4. The number of methoxy groups -OCH3 is 1. The molecule has 1 amide bonds. The first-order chi connectivity index (χ1) is 11.3. The lowest BCUT2D eigenvalue weighted by molar-refractivity contribution is -0.384. The number of carbonyl (C=O) groups excluding carboxylic acids is 1. The number of nitro groups is 1. The summed E-state index contributed by atoms with van der Waals surface area (Å²) >= 11 is 0. The van der Waals surface area contributed by atoms with Gasteiger partial charge in [-0.05, 0) is 19.0 Å². The van der Waals surface area contributed by atoms with Gasteiger partial charge in [-0.25, -0.2) is 0 Å². The normalized spacial score (nSPS) is 11.7. The van der Waals surface area contributed by atoms with Crippen molar-refractivity contribution in [1.82, 2.24) is 5.32 Å². The maximum atomic E-state index is 12.0. The van der Waals surface area contributed by atoms with Crippen molar-refractivity contribution in [2.24, 2.45) is 0 Å². The third-order valence-electron chi connectivity index (χ3n) is 3.13. The first kappa shape index (κ1) is 19.3. The van der Waals surface area contributed by atoms with E-state index in [1.807, 2.05) is 0 Å². The summed E-state index contributed by atoms with van der Waals surface area (Å²) in [6, 6.07) is 2.55. The van der Waals surface area contributed by atoms with Gasteiger partial charge in [-0.15, -0.1) is 0 Å². The Morgan fingerprint density at radius 2 is 2.17 bits per heavy atom. The Morgan fingerprint density at radius 3 is 2.75 bits per heavy atom. The number of anilines is 2. The van der Waals surface area contributed by atoms with E-state index >= 15 is 0 Å². The molecule has 0 radical (unpaired) electrons. The fraction of sp³-hybridized carbons (Fsp3) is 0.429. The molecule has 0 aliphatic heterocycles. The third kappa shape index (κ3) is 6.18. The number of carboxylic acid groups (broad SMARTS) is 1. The van der Waals surface area contributed by atoms with Crippen LogP contribution in [0, 0.1) is 10.1 Å². The highest BCUT2D eigenvalue weighted by molar-refractivity contribution is 5.96. The summed E-state index contributed by atoms with van der Waals surface area (Å²) in [7, 11) is 1.53. The predicted octanol–water partition coefficient (Wildman–Crippen LogP) is 0.585. The van der Waals surface area contributed by atoms with Crippen LogP contribution in [0.4, 0.5) is 17.1 Å². The lowest BCUT2D eigenvalue weighted by atomic mass is 10.1. The summed E-state index contributed by atoms with van der Waals surface area (Å²) in [5, 5.41) is 25.0. The van der Waals surface area contributed by atoms with Gasteiger partial charge in [0.1, 0.15) is 6.04 Å².